The highest BCUT2D eigenvalue weighted by Crippen LogP contribution is 2.30. The van der Waals surface area contributed by atoms with Crippen molar-refractivity contribution in [3.05, 3.63) is 52.2 Å². The van der Waals surface area contributed by atoms with Gasteiger partial charge in [0.15, 0.2) is 6.61 Å². The van der Waals surface area contributed by atoms with Crippen molar-refractivity contribution < 1.29 is 23.9 Å². The molecule has 1 aromatic carbocycles. The van der Waals surface area contributed by atoms with Crippen LogP contribution in [0.5, 0.6) is 0 Å². The number of anilines is 1. The molecule has 1 saturated carbocycles. The van der Waals surface area contributed by atoms with Gasteiger partial charge in [-0.3, -0.25) is 19.7 Å². The third-order valence-electron chi connectivity index (χ3n) is 3.67. The molecule has 0 saturated heterocycles. The molecule has 7 nitrogen and oxygen atoms in total. The van der Waals surface area contributed by atoms with Gasteiger partial charge in [0.05, 0.1) is 10.4 Å². The van der Waals surface area contributed by atoms with Gasteiger partial charge in [-0.25, -0.2) is 4.79 Å². The summed E-state index contributed by atoms with van der Waals surface area (Å²) in [4.78, 5) is 47.4. The summed E-state index contributed by atoms with van der Waals surface area (Å²) in [7, 11) is 0. The fraction of sp³-hybridized carbons (Fsp3) is 0.222. The number of ether oxygens (including phenoxy) is 1. The second kappa shape index (κ2) is 7.92. The Labute approximate surface area is 153 Å². The quantitative estimate of drug-likeness (QED) is 0.757. The number of rotatable bonds is 6. The Kier molecular flexibility index (Phi) is 5.43. The van der Waals surface area contributed by atoms with Crippen molar-refractivity contribution in [2.24, 2.45) is 5.92 Å². The van der Waals surface area contributed by atoms with Gasteiger partial charge >= 0.3 is 5.97 Å². The molecule has 2 N–H and O–H groups in total. The molecular formula is C18H16N2O5S. The van der Waals surface area contributed by atoms with Crippen molar-refractivity contribution in [3.8, 4) is 0 Å². The molecule has 26 heavy (non-hydrogen) atoms. The molecule has 0 spiro atoms. The molecule has 1 aliphatic carbocycles. The number of carbonyl (C=O) groups is 4. The average molecular weight is 372 g/mol. The molecule has 3 rings (SSSR count). The first-order chi connectivity index (χ1) is 12.5. The van der Waals surface area contributed by atoms with Gasteiger partial charge in [-0.2, -0.15) is 0 Å². The number of imide groups is 1. The zero-order valence-electron chi connectivity index (χ0n) is 13.7. The van der Waals surface area contributed by atoms with E-state index in [0.29, 0.717) is 10.6 Å². The molecule has 0 unspecified atom stereocenters. The molecule has 1 fully saturated rings. The first kappa shape index (κ1) is 17.8. The van der Waals surface area contributed by atoms with E-state index in [2.05, 4.69) is 10.6 Å². The van der Waals surface area contributed by atoms with Gasteiger partial charge in [-0.1, -0.05) is 6.07 Å². The van der Waals surface area contributed by atoms with Crippen molar-refractivity contribution in [2.75, 3.05) is 11.9 Å². The zero-order chi connectivity index (χ0) is 18.5. The average Bonchev–Trinajstić information content (AvgIpc) is 3.34. The van der Waals surface area contributed by atoms with Gasteiger partial charge in [0, 0.05) is 11.6 Å². The summed E-state index contributed by atoms with van der Waals surface area (Å²) in [5.41, 5.74) is 0.838. The Morgan fingerprint density at radius 2 is 1.81 bits per heavy atom. The molecule has 3 amide bonds. The maximum Gasteiger partial charge on any atom is 0.338 e. The summed E-state index contributed by atoms with van der Waals surface area (Å²) < 4.78 is 4.89. The van der Waals surface area contributed by atoms with Crippen LogP contribution in [-0.2, 0) is 14.3 Å². The molecule has 1 aromatic heterocycles. The molecule has 134 valence electrons. The minimum Gasteiger partial charge on any atom is -0.452 e. The minimum atomic E-state index is -0.704. The Morgan fingerprint density at radius 3 is 2.42 bits per heavy atom. The number of hydrogen-bond donors (Lipinski definition) is 2. The van der Waals surface area contributed by atoms with Crippen molar-refractivity contribution in [1.29, 1.82) is 0 Å². The normalized spacial score (nSPS) is 12.9. The Balaban J connectivity index is 1.46. The summed E-state index contributed by atoms with van der Waals surface area (Å²) in [6, 6.07) is 9.47. The molecular weight excluding hydrogens is 356 g/mol. The maximum absolute atomic E-state index is 11.9. The lowest BCUT2D eigenvalue weighted by atomic mass is 10.2. The maximum atomic E-state index is 11.9. The minimum absolute atomic E-state index is 0.0209. The number of esters is 1. The van der Waals surface area contributed by atoms with Crippen LogP contribution < -0.4 is 10.6 Å². The van der Waals surface area contributed by atoms with E-state index < -0.39 is 24.4 Å². The predicted molar refractivity (Wildman–Crippen MR) is 94.9 cm³/mol. The number of benzene rings is 1. The summed E-state index contributed by atoms with van der Waals surface area (Å²) in [5, 5.41) is 6.63. The first-order valence-corrected chi connectivity index (χ1v) is 8.86. The van der Waals surface area contributed by atoms with Crippen LogP contribution in [0.2, 0.25) is 0 Å². The number of amides is 3. The second-order valence-electron chi connectivity index (χ2n) is 5.77. The first-order valence-electron chi connectivity index (χ1n) is 7.98. The molecule has 8 heteroatoms. The van der Waals surface area contributed by atoms with Crippen LogP contribution in [0.4, 0.5) is 5.69 Å². The van der Waals surface area contributed by atoms with Crippen molar-refractivity contribution >= 4 is 40.7 Å². The number of carbonyl (C=O) groups excluding carboxylic acids is 4. The Morgan fingerprint density at radius 1 is 1.08 bits per heavy atom. The van der Waals surface area contributed by atoms with E-state index in [-0.39, 0.29) is 17.4 Å². The fourth-order valence-corrected chi connectivity index (χ4v) is 2.74. The third-order valence-corrected chi connectivity index (χ3v) is 4.54. The van der Waals surface area contributed by atoms with E-state index in [1.54, 1.807) is 29.6 Å². The highest BCUT2D eigenvalue weighted by Gasteiger charge is 2.29. The van der Waals surface area contributed by atoms with E-state index in [9.17, 15) is 19.2 Å². The fourth-order valence-electron chi connectivity index (χ4n) is 2.13. The second-order valence-corrected chi connectivity index (χ2v) is 6.72. The summed E-state index contributed by atoms with van der Waals surface area (Å²) >= 11 is 1.20. The monoisotopic (exact) mass is 372 g/mol. The van der Waals surface area contributed by atoms with Crippen LogP contribution in [0.1, 0.15) is 32.9 Å². The predicted octanol–water partition coefficient (Wildman–Crippen LogP) is 2.21. The van der Waals surface area contributed by atoms with Crippen molar-refractivity contribution in [3.63, 3.8) is 0 Å². The smallest absolute Gasteiger partial charge is 0.338 e. The molecule has 2 aromatic rings. The van der Waals surface area contributed by atoms with Crippen LogP contribution in [0.15, 0.2) is 41.8 Å². The largest absolute Gasteiger partial charge is 0.452 e. The van der Waals surface area contributed by atoms with Crippen molar-refractivity contribution in [2.45, 2.75) is 12.8 Å². The topological polar surface area (TPSA) is 102 Å². The number of nitrogens with one attached hydrogen (secondary N) is 2. The molecule has 0 bridgehead atoms. The zero-order valence-corrected chi connectivity index (χ0v) is 14.5. The highest BCUT2D eigenvalue weighted by atomic mass is 32.1. The molecule has 0 aliphatic heterocycles. The summed E-state index contributed by atoms with van der Waals surface area (Å²) in [6.45, 7) is -0.559. The molecule has 1 heterocycles. The van der Waals surface area contributed by atoms with E-state index in [4.69, 9.17) is 4.74 Å². The van der Waals surface area contributed by atoms with E-state index in [1.165, 1.54) is 23.5 Å². The van der Waals surface area contributed by atoms with Crippen LogP contribution in [-0.4, -0.2) is 30.3 Å². The van der Waals surface area contributed by atoms with Gasteiger partial charge in [0.25, 0.3) is 11.8 Å². The number of thiophene rings is 1. The third kappa shape index (κ3) is 4.76. The SMILES string of the molecule is O=C(COC(=O)c1ccc(NC(=O)C2CC2)cc1)NC(=O)c1cccs1. The molecule has 0 radical (unpaired) electrons. The van der Waals surface area contributed by atoms with E-state index >= 15 is 0 Å². The molecule has 0 atom stereocenters. The Bertz CT molecular complexity index is 826. The van der Waals surface area contributed by atoms with Gasteiger partial charge in [0.2, 0.25) is 5.91 Å². The van der Waals surface area contributed by atoms with Gasteiger partial charge in [0.1, 0.15) is 0 Å². The summed E-state index contributed by atoms with van der Waals surface area (Å²) in [5.74, 6) is -1.85. The lowest BCUT2D eigenvalue weighted by molar-refractivity contribution is -0.123. The van der Waals surface area contributed by atoms with E-state index in [1.807, 2.05) is 0 Å². The Hall–Kier alpha value is -3.00. The van der Waals surface area contributed by atoms with Crippen LogP contribution in [0.3, 0.4) is 0 Å². The number of hydrogen-bond acceptors (Lipinski definition) is 6. The molecule has 1 aliphatic rings. The van der Waals surface area contributed by atoms with E-state index in [0.717, 1.165) is 12.8 Å². The van der Waals surface area contributed by atoms with Crippen molar-refractivity contribution in [1.82, 2.24) is 5.32 Å². The van der Waals surface area contributed by atoms with Crippen LogP contribution in [0, 0.1) is 5.92 Å². The lowest BCUT2D eigenvalue weighted by Crippen LogP contribution is -2.33. The highest BCUT2D eigenvalue weighted by molar-refractivity contribution is 7.12. The van der Waals surface area contributed by atoms with Gasteiger partial charge in [-0.05, 0) is 48.6 Å². The van der Waals surface area contributed by atoms with Gasteiger partial charge in [-0.15, -0.1) is 11.3 Å². The van der Waals surface area contributed by atoms with Crippen LogP contribution >= 0.6 is 11.3 Å². The van der Waals surface area contributed by atoms with Crippen LogP contribution in [0.25, 0.3) is 0 Å². The lowest BCUT2D eigenvalue weighted by Gasteiger charge is -2.07. The standard InChI is InChI=1S/C18H16N2O5S/c21-15(20-17(23)14-2-1-9-26-14)10-25-18(24)12-5-7-13(8-6-12)19-16(22)11-3-4-11/h1-2,5-9,11H,3-4,10H2,(H,19,22)(H,20,21,23). The van der Waals surface area contributed by atoms with Gasteiger partial charge < -0.3 is 10.1 Å². The summed E-state index contributed by atoms with van der Waals surface area (Å²) in [6.07, 6.45) is 1.82.